The van der Waals surface area contributed by atoms with E-state index in [1.807, 2.05) is 19.9 Å². The van der Waals surface area contributed by atoms with Crippen molar-refractivity contribution in [2.45, 2.75) is 32.1 Å². The molecule has 0 fully saturated rings. The lowest BCUT2D eigenvalue weighted by molar-refractivity contribution is 1.04. The monoisotopic (exact) mass is 197 g/mol. The van der Waals surface area contributed by atoms with Crippen LogP contribution in [-0.2, 0) is 0 Å². The number of hydrogen-bond donors (Lipinski definition) is 1. The van der Waals surface area contributed by atoms with Crippen LogP contribution in [0.4, 0.5) is 0 Å². The van der Waals surface area contributed by atoms with Crippen LogP contribution >= 0.6 is 11.8 Å². The summed E-state index contributed by atoms with van der Waals surface area (Å²) in [6, 6.07) is 1.97. The van der Waals surface area contributed by atoms with Crippen molar-refractivity contribution in [3.05, 3.63) is 27.7 Å². The van der Waals surface area contributed by atoms with Gasteiger partial charge < -0.3 is 4.98 Å². The summed E-state index contributed by atoms with van der Waals surface area (Å²) in [5, 5.41) is 0. The number of thioether (sulfide) groups is 1. The highest BCUT2D eigenvalue weighted by Gasteiger charge is 2.02. The summed E-state index contributed by atoms with van der Waals surface area (Å²) in [6.07, 6.45) is 1.09. The highest BCUT2D eigenvalue weighted by molar-refractivity contribution is 7.99. The predicted octanol–water partition coefficient (Wildman–Crippen LogP) is 2.49. The van der Waals surface area contributed by atoms with Gasteiger partial charge >= 0.3 is 0 Å². The van der Waals surface area contributed by atoms with E-state index in [0.717, 1.165) is 28.3 Å². The second kappa shape index (κ2) is 4.51. The molecule has 1 aromatic heterocycles. The van der Waals surface area contributed by atoms with Crippen molar-refractivity contribution >= 4 is 11.8 Å². The van der Waals surface area contributed by atoms with Crippen LogP contribution in [-0.4, -0.2) is 10.7 Å². The van der Waals surface area contributed by atoms with Crippen molar-refractivity contribution in [1.82, 2.24) is 4.98 Å². The van der Waals surface area contributed by atoms with E-state index in [-0.39, 0.29) is 5.56 Å². The van der Waals surface area contributed by atoms with Crippen molar-refractivity contribution in [1.29, 1.82) is 0 Å². The first kappa shape index (κ1) is 10.4. The Labute approximate surface area is 82.8 Å². The number of aromatic amines is 1. The highest BCUT2D eigenvalue weighted by atomic mass is 32.2. The number of aryl methyl sites for hydroxylation is 2. The van der Waals surface area contributed by atoms with Crippen LogP contribution in [0.3, 0.4) is 0 Å². The maximum atomic E-state index is 11.4. The van der Waals surface area contributed by atoms with Crippen molar-refractivity contribution in [2.24, 2.45) is 0 Å². The molecule has 0 radical (unpaired) electrons. The Kier molecular flexibility index (Phi) is 3.60. The smallest absolute Gasteiger partial charge is 0.261 e. The lowest BCUT2D eigenvalue weighted by Crippen LogP contribution is -2.10. The molecule has 0 aliphatic heterocycles. The molecule has 1 heterocycles. The summed E-state index contributed by atoms with van der Waals surface area (Å²) in [6.45, 7) is 6.05. The van der Waals surface area contributed by atoms with Gasteiger partial charge in [0.15, 0.2) is 0 Å². The van der Waals surface area contributed by atoms with E-state index in [0.29, 0.717) is 0 Å². The third-order valence-corrected chi connectivity index (χ3v) is 3.15. The molecular weight excluding hydrogens is 182 g/mol. The zero-order valence-corrected chi connectivity index (χ0v) is 9.12. The van der Waals surface area contributed by atoms with Gasteiger partial charge in [0.2, 0.25) is 0 Å². The molecule has 0 aliphatic rings. The van der Waals surface area contributed by atoms with Crippen LogP contribution in [0.15, 0.2) is 15.8 Å². The van der Waals surface area contributed by atoms with Gasteiger partial charge in [0.25, 0.3) is 5.56 Å². The molecule has 1 aromatic rings. The molecule has 2 nitrogen and oxygen atoms in total. The van der Waals surface area contributed by atoms with Crippen molar-refractivity contribution in [2.75, 3.05) is 5.75 Å². The molecule has 0 aliphatic carbocycles. The maximum absolute atomic E-state index is 11.4. The molecule has 1 rings (SSSR count). The quantitative estimate of drug-likeness (QED) is 0.755. The van der Waals surface area contributed by atoms with Crippen LogP contribution in [0.5, 0.6) is 0 Å². The summed E-state index contributed by atoms with van der Waals surface area (Å²) in [7, 11) is 0. The number of pyridine rings is 1. The third-order valence-electron chi connectivity index (χ3n) is 1.93. The molecule has 13 heavy (non-hydrogen) atoms. The summed E-state index contributed by atoms with van der Waals surface area (Å²) in [4.78, 5) is 15.1. The lowest BCUT2D eigenvalue weighted by atomic mass is 10.2. The minimum absolute atomic E-state index is 0.0431. The van der Waals surface area contributed by atoms with E-state index < -0.39 is 0 Å². The zero-order chi connectivity index (χ0) is 9.84. The third kappa shape index (κ3) is 2.62. The summed E-state index contributed by atoms with van der Waals surface area (Å²) < 4.78 is 0. The van der Waals surface area contributed by atoms with E-state index >= 15 is 0 Å². The van der Waals surface area contributed by atoms with Gasteiger partial charge in [0.05, 0.1) is 4.90 Å². The Morgan fingerprint density at radius 2 is 2.15 bits per heavy atom. The van der Waals surface area contributed by atoms with Crippen molar-refractivity contribution in [3.8, 4) is 0 Å². The number of nitrogens with one attached hydrogen (secondary N) is 1. The topological polar surface area (TPSA) is 32.9 Å². The van der Waals surface area contributed by atoms with Crippen LogP contribution < -0.4 is 5.56 Å². The molecule has 0 saturated carbocycles. The SMILES string of the molecule is CCCSc1cc(C)c(C)[nH]c1=O. The largest absolute Gasteiger partial charge is 0.325 e. The molecule has 0 atom stereocenters. The van der Waals surface area contributed by atoms with Gasteiger partial charge in [0.1, 0.15) is 0 Å². The Bertz CT molecular complexity index is 343. The van der Waals surface area contributed by atoms with Gasteiger partial charge in [-0.15, -0.1) is 11.8 Å². The first-order chi connectivity index (χ1) is 6.15. The predicted molar refractivity (Wildman–Crippen MR) is 57.6 cm³/mol. The molecule has 0 spiro atoms. The fourth-order valence-corrected chi connectivity index (χ4v) is 1.89. The van der Waals surface area contributed by atoms with Crippen LogP contribution in [0.1, 0.15) is 24.6 Å². The Balaban J connectivity index is 2.95. The summed E-state index contributed by atoms with van der Waals surface area (Å²) in [5.41, 5.74) is 2.16. The van der Waals surface area contributed by atoms with Crippen molar-refractivity contribution in [3.63, 3.8) is 0 Å². The van der Waals surface area contributed by atoms with E-state index in [1.165, 1.54) is 0 Å². The van der Waals surface area contributed by atoms with Gasteiger partial charge in [-0.2, -0.15) is 0 Å². The molecule has 0 aromatic carbocycles. The van der Waals surface area contributed by atoms with E-state index in [2.05, 4.69) is 11.9 Å². The first-order valence-electron chi connectivity index (χ1n) is 4.48. The van der Waals surface area contributed by atoms with E-state index in [9.17, 15) is 4.79 Å². The first-order valence-corrected chi connectivity index (χ1v) is 5.47. The number of rotatable bonds is 3. The molecule has 0 amide bonds. The van der Waals surface area contributed by atoms with Gasteiger partial charge in [-0.25, -0.2) is 0 Å². The summed E-state index contributed by atoms with van der Waals surface area (Å²) >= 11 is 1.63. The number of aromatic nitrogens is 1. The van der Waals surface area contributed by atoms with E-state index in [4.69, 9.17) is 0 Å². The van der Waals surface area contributed by atoms with E-state index in [1.54, 1.807) is 11.8 Å². The molecule has 0 unspecified atom stereocenters. The molecular formula is C10H15NOS. The van der Waals surface area contributed by atoms with Crippen molar-refractivity contribution < 1.29 is 0 Å². The Hall–Kier alpha value is -0.700. The Morgan fingerprint density at radius 1 is 1.46 bits per heavy atom. The standard InChI is InChI=1S/C10H15NOS/c1-4-5-13-9-6-7(2)8(3)11-10(9)12/h6H,4-5H2,1-3H3,(H,11,12). The molecule has 0 saturated heterocycles. The van der Waals surface area contributed by atoms with Gasteiger partial charge in [-0.05, 0) is 37.7 Å². The fourth-order valence-electron chi connectivity index (χ4n) is 1.02. The molecule has 72 valence electrons. The molecule has 1 N–H and O–H groups in total. The lowest BCUT2D eigenvalue weighted by Gasteiger charge is -2.03. The van der Waals surface area contributed by atoms with Crippen LogP contribution in [0.25, 0.3) is 0 Å². The number of hydrogen-bond acceptors (Lipinski definition) is 2. The van der Waals surface area contributed by atoms with Gasteiger partial charge in [-0.1, -0.05) is 6.92 Å². The number of H-pyrrole nitrogens is 1. The average molecular weight is 197 g/mol. The van der Waals surface area contributed by atoms with Crippen LogP contribution in [0, 0.1) is 13.8 Å². The maximum Gasteiger partial charge on any atom is 0.261 e. The zero-order valence-electron chi connectivity index (χ0n) is 8.31. The molecule has 3 heteroatoms. The van der Waals surface area contributed by atoms with Crippen LogP contribution in [0.2, 0.25) is 0 Å². The van der Waals surface area contributed by atoms with Gasteiger partial charge in [0, 0.05) is 5.69 Å². The highest BCUT2D eigenvalue weighted by Crippen LogP contribution is 2.15. The minimum atomic E-state index is 0.0431. The average Bonchev–Trinajstić information content (AvgIpc) is 2.09. The fraction of sp³-hybridized carbons (Fsp3) is 0.500. The second-order valence-corrected chi connectivity index (χ2v) is 4.26. The molecule has 0 bridgehead atoms. The Morgan fingerprint density at radius 3 is 2.77 bits per heavy atom. The minimum Gasteiger partial charge on any atom is -0.325 e. The summed E-state index contributed by atoms with van der Waals surface area (Å²) in [5.74, 6) is 1.01. The normalized spacial score (nSPS) is 10.4. The van der Waals surface area contributed by atoms with Gasteiger partial charge in [-0.3, -0.25) is 4.79 Å². The second-order valence-electron chi connectivity index (χ2n) is 3.12.